The van der Waals surface area contributed by atoms with E-state index in [9.17, 15) is 9.59 Å². The van der Waals surface area contributed by atoms with Crippen molar-refractivity contribution in [2.75, 3.05) is 14.1 Å². The summed E-state index contributed by atoms with van der Waals surface area (Å²) in [6, 6.07) is 13.6. The molecule has 1 N–H and O–H groups in total. The lowest BCUT2D eigenvalue weighted by Gasteiger charge is -2.28. The van der Waals surface area contributed by atoms with Crippen molar-refractivity contribution in [3.05, 3.63) is 64.7 Å². The van der Waals surface area contributed by atoms with Crippen molar-refractivity contribution in [2.24, 2.45) is 0 Å². The van der Waals surface area contributed by atoms with E-state index in [4.69, 9.17) is 0 Å². The van der Waals surface area contributed by atoms with Gasteiger partial charge in [-0.05, 0) is 40.5 Å². The Bertz CT molecular complexity index is 925. The fourth-order valence-corrected chi connectivity index (χ4v) is 3.42. The molecule has 2 aromatic rings. The van der Waals surface area contributed by atoms with Gasteiger partial charge in [-0.2, -0.15) is 0 Å². The lowest BCUT2D eigenvalue weighted by Crippen LogP contribution is -2.45. The Morgan fingerprint density at radius 3 is 2.50 bits per heavy atom. The summed E-state index contributed by atoms with van der Waals surface area (Å²) in [5.74, 6) is 0.0190. The standard InChI is InChI=1S/C20H18N2O2/c1-12(23)22(2,3)14-9-8-13-10-18-15-6-4-5-7-16(15)20(24)21-19(18)17(13)11-14/h4-11,19H,1-3H3/p+1. The number of hydrogen-bond donors (Lipinski definition) is 1. The lowest BCUT2D eigenvalue weighted by molar-refractivity contribution is -0.125. The quantitative estimate of drug-likeness (QED) is 0.821. The molecule has 2 aliphatic rings. The van der Waals surface area contributed by atoms with Gasteiger partial charge in [0.2, 0.25) is 0 Å². The van der Waals surface area contributed by atoms with Gasteiger partial charge in [-0.25, -0.2) is 9.28 Å². The Hall–Kier alpha value is -2.72. The zero-order chi connectivity index (χ0) is 17.1. The first-order chi connectivity index (χ1) is 11.4. The second-order valence-corrected chi connectivity index (χ2v) is 6.84. The number of nitrogens with one attached hydrogen (secondary N) is 1. The van der Waals surface area contributed by atoms with Crippen LogP contribution in [0.15, 0.2) is 42.5 Å². The molecule has 1 unspecified atom stereocenters. The fourth-order valence-electron chi connectivity index (χ4n) is 3.42. The van der Waals surface area contributed by atoms with Gasteiger partial charge in [0.25, 0.3) is 5.91 Å². The zero-order valence-electron chi connectivity index (χ0n) is 14.0. The second kappa shape index (κ2) is 4.89. The summed E-state index contributed by atoms with van der Waals surface area (Å²) in [7, 11) is 3.75. The largest absolute Gasteiger partial charge is 0.341 e. The maximum absolute atomic E-state index is 12.4. The van der Waals surface area contributed by atoms with Crippen LogP contribution < -0.4 is 9.80 Å². The molecule has 120 valence electrons. The van der Waals surface area contributed by atoms with E-state index in [1.165, 1.54) is 0 Å². The Kier molecular flexibility index (Phi) is 3.02. The zero-order valence-corrected chi connectivity index (χ0v) is 14.0. The summed E-state index contributed by atoms with van der Waals surface area (Å²) in [6.45, 7) is 1.59. The molecule has 4 rings (SSSR count). The Morgan fingerprint density at radius 2 is 1.79 bits per heavy atom. The molecule has 4 heteroatoms. The van der Waals surface area contributed by atoms with Crippen molar-refractivity contribution in [3.63, 3.8) is 0 Å². The van der Waals surface area contributed by atoms with Crippen LogP contribution in [-0.2, 0) is 4.79 Å². The van der Waals surface area contributed by atoms with Crippen molar-refractivity contribution in [1.82, 2.24) is 9.80 Å². The first kappa shape index (κ1) is 14.8. The number of nitrogens with zero attached hydrogens (tertiary/aromatic N) is 1. The molecule has 24 heavy (non-hydrogen) atoms. The van der Waals surface area contributed by atoms with Crippen LogP contribution in [0.5, 0.6) is 0 Å². The van der Waals surface area contributed by atoms with E-state index in [2.05, 4.69) is 11.4 Å². The van der Waals surface area contributed by atoms with Crippen LogP contribution in [0.3, 0.4) is 0 Å². The molecular weight excluding hydrogens is 300 g/mol. The van der Waals surface area contributed by atoms with Gasteiger partial charge in [0.1, 0.15) is 5.69 Å². The summed E-state index contributed by atoms with van der Waals surface area (Å²) in [4.78, 5) is 24.4. The number of rotatable bonds is 1. The van der Waals surface area contributed by atoms with E-state index in [0.717, 1.165) is 28.0 Å². The Balaban J connectivity index is 1.84. The van der Waals surface area contributed by atoms with Gasteiger partial charge in [0, 0.05) is 17.7 Å². The van der Waals surface area contributed by atoms with Crippen molar-refractivity contribution in [1.29, 1.82) is 0 Å². The van der Waals surface area contributed by atoms with Gasteiger partial charge >= 0.3 is 5.91 Å². The molecular formula is C20H19N2O2+. The highest BCUT2D eigenvalue weighted by molar-refractivity contribution is 6.08. The predicted octanol–water partition coefficient (Wildman–Crippen LogP) is 3.14. The number of fused-ring (bicyclic) bond motifs is 5. The van der Waals surface area contributed by atoms with Gasteiger partial charge < -0.3 is 5.32 Å². The number of quaternary nitrogens is 1. The van der Waals surface area contributed by atoms with E-state index >= 15 is 0 Å². The third kappa shape index (κ3) is 1.96. The monoisotopic (exact) mass is 319 g/mol. The molecule has 4 nitrogen and oxygen atoms in total. The molecule has 0 bridgehead atoms. The second-order valence-electron chi connectivity index (χ2n) is 6.84. The summed E-state index contributed by atoms with van der Waals surface area (Å²) in [5.41, 5.74) is 5.89. The number of amides is 2. The van der Waals surface area contributed by atoms with Crippen molar-refractivity contribution >= 4 is 29.2 Å². The van der Waals surface area contributed by atoms with Gasteiger partial charge in [-0.15, -0.1) is 0 Å². The van der Waals surface area contributed by atoms with Crippen LogP contribution in [0.1, 0.15) is 40.0 Å². The number of hydrogen-bond acceptors (Lipinski definition) is 2. The SMILES string of the molecule is CC(=O)[N+](C)(C)c1ccc2c(c1)C1NC(=O)c3ccccc3C1=C2. The average molecular weight is 319 g/mol. The molecule has 0 saturated carbocycles. The van der Waals surface area contributed by atoms with E-state index in [-0.39, 0.29) is 22.3 Å². The molecule has 0 spiro atoms. The topological polar surface area (TPSA) is 46.2 Å². The lowest BCUT2D eigenvalue weighted by atomic mass is 9.90. The molecule has 2 amide bonds. The molecule has 0 fully saturated rings. The number of benzene rings is 2. The number of carbonyl (C=O) groups excluding carboxylic acids is 2. The molecule has 0 aromatic heterocycles. The first-order valence-electron chi connectivity index (χ1n) is 8.01. The molecule has 1 heterocycles. The van der Waals surface area contributed by atoms with Crippen LogP contribution in [0.2, 0.25) is 0 Å². The van der Waals surface area contributed by atoms with Crippen LogP contribution in [0.4, 0.5) is 5.69 Å². The van der Waals surface area contributed by atoms with Crippen molar-refractivity contribution in [3.8, 4) is 0 Å². The summed E-state index contributed by atoms with van der Waals surface area (Å²) < 4.78 is 0.180. The summed E-state index contributed by atoms with van der Waals surface area (Å²) in [6.07, 6.45) is 2.13. The third-order valence-corrected chi connectivity index (χ3v) is 5.19. The van der Waals surface area contributed by atoms with Crippen LogP contribution >= 0.6 is 0 Å². The van der Waals surface area contributed by atoms with Crippen LogP contribution in [0.25, 0.3) is 11.6 Å². The summed E-state index contributed by atoms with van der Waals surface area (Å²) in [5, 5.41) is 3.10. The van der Waals surface area contributed by atoms with E-state index in [1.807, 2.05) is 56.6 Å². The van der Waals surface area contributed by atoms with E-state index in [1.54, 1.807) is 6.92 Å². The molecule has 1 aliphatic carbocycles. The predicted molar refractivity (Wildman–Crippen MR) is 95.3 cm³/mol. The van der Waals surface area contributed by atoms with Crippen molar-refractivity contribution in [2.45, 2.75) is 13.0 Å². The highest BCUT2D eigenvalue weighted by Crippen LogP contribution is 2.45. The highest BCUT2D eigenvalue weighted by Gasteiger charge is 2.36. The average Bonchev–Trinajstić information content (AvgIpc) is 2.93. The molecule has 0 saturated heterocycles. The fraction of sp³-hybridized carbons (Fsp3) is 0.200. The molecule has 1 atom stereocenters. The summed E-state index contributed by atoms with van der Waals surface area (Å²) >= 11 is 0. The first-order valence-corrected chi connectivity index (χ1v) is 8.01. The minimum atomic E-state index is -0.144. The maximum atomic E-state index is 12.4. The highest BCUT2D eigenvalue weighted by atomic mass is 16.2. The van der Waals surface area contributed by atoms with Crippen LogP contribution in [0, 0.1) is 0 Å². The maximum Gasteiger partial charge on any atom is 0.315 e. The van der Waals surface area contributed by atoms with Gasteiger partial charge in [-0.1, -0.05) is 18.2 Å². The molecule has 0 radical (unpaired) electrons. The Morgan fingerprint density at radius 1 is 1.08 bits per heavy atom. The minimum Gasteiger partial charge on any atom is -0.341 e. The van der Waals surface area contributed by atoms with Crippen molar-refractivity contribution < 1.29 is 9.59 Å². The van der Waals surface area contributed by atoms with E-state index in [0.29, 0.717) is 5.56 Å². The smallest absolute Gasteiger partial charge is 0.315 e. The molecule has 2 aromatic carbocycles. The van der Waals surface area contributed by atoms with Gasteiger partial charge in [-0.3, -0.25) is 4.79 Å². The number of carbonyl (C=O) groups is 2. The Labute approximate surface area is 141 Å². The van der Waals surface area contributed by atoms with Gasteiger partial charge in [0.15, 0.2) is 0 Å². The normalized spacial score (nSPS) is 18.2. The molecule has 1 aliphatic heterocycles. The van der Waals surface area contributed by atoms with E-state index < -0.39 is 0 Å². The van der Waals surface area contributed by atoms with Gasteiger partial charge in [0.05, 0.1) is 27.1 Å². The third-order valence-electron chi connectivity index (χ3n) is 5.19. The van der Waals surface area contributed by atoms with Crippen LogP contribution in [-0.4, -0.2) is 25.9 Å². The minimum absolute atomic E-state index is 0.0497.